The number of nitrogens with zero attached hydrogens (tertiary/aromatic N) is 3. The van der Waals surface area contributed by atoms with Crippen molar-refractivity contribution in [3.63, 3.8) is 0 Å². The Morgan fingerprint density at radius 2 is 2.47 bits per heavy atom. The summed E-state index contributed by atoms with van der Waals surface area (Å²) < 4.78 is 7.83. The maximum absolute atomic E-state index is 5.89. The molecule has 2 heterocycles. The number of rotatable bonds is 4. The lowest BCUT2D eigenvalue weighted by Crippen LogP contribution is -2.49. The Hall–Kier alpha value is -0.910. The number of morpholine rings is 1. The van der Waals surface area contributed by atoms with Crippen molar-refractivity contribution in [3.8, 4) is 0 Å². The SMILES string of the molecule is CCn1cncc1CN1CCOC(C(C)N)C1. The van der Waals surface area contributed by atoms with Gasteiger partial charge in [-0.25, -0.2) is 4.98 Å². The fourth-order valence-corrected chi connectivity index (χ4v) is 2.19. The van der Waals surface area contributed by atoms with Crippen molar-refractivity contribution in [2.45, 2.75) is 39.1 Å². The summed E-state index contributed by atoms with van der Waals surface area (Å²) >= 11 is 0. The molecule has 0 saturated carbocycles. The van der Waals surface area contributed by atoms with E-state index in [4.69, 9.17) is 10.5 Å². The minimum Gasteiger partial charge on any atom is -0.374 e. The summed E-state index contributed by atoms with van der Waals surface area (Å²) in [6, 6.07) is 0.0916. The second-order valence-electron chi connectivity index (χ2n) is 4.67. The molecular formula is C12H22N4O. The molecule has 17 heavy (non-hydrogen) atoms. The van der Waals surface area contributed by atoms with Gasteiger partial charge in [-0.3, -0.25) is 4.90 Å². The highest BCUT2D eigenvalue weighted by Crippen LogP contribution is 2.11. The van der Waals surface area contributed by atoms with Crippen LogP contribution in [-0.2, 0) is 17.8 Å². The van der Waals surface area contributed by atoms with E-state index in [0.717, 1.165) is 32.8 Å². The Morgan fingerprint density at radius 3 is 3.18 bits per heavy atom. The maximum Gasteiger partial charge on any atom is 0.0948 e. The molecule has 1 fully saturated rings. The molecule has 1 aromatic heterocycles. The van der Waals surface area contributed by atoms with E-state index in [9.17, 15) is 0 Å². The summed E-state index contributed by atoms with van der Waals surface area (Å²) in [5.74, 6) is 0. The van der Waals surface area contributed by atoms with Gasteiger partial charge in [0.1, 0.15) is 0 Å². The van der Waals surface area contributed by atoms with Crippen molar-refractivity contribution < 1.29 is 4.74 Å². The van der Waals surface area contributed by atoms with Gasteiger partial charge in [0.25, 0.3) is 0 Å². The van der Waals surface area contributed by atoms with Crippen molar-refractivity contribution in [1.29, 1.82) is 0 Å². The molecule has 1 saturated heterocycles. The summed E-state index contributed by atoms with van der Waals surface area (Å²) in [4.78, 5) is 6.58. The van der Waals surface area contributed by atoms with Crippen LogP contribution in [0.2, 0.25) is 0 Å². The lowest BCUT2D eigenvalue weighted by atomic mass is 10.1. The minimum absolute atomic E-state index is 0.0916. The van der Waals surface area contributed by atoms with Gasteiger partial charge in [0, 0.05) is 38.4 Å². The largest absolute Gasteiger partial charge is 0.374 e. The van der Waals surface area contributed by atoms with Crippen LogP contribution in [0.15, 0.2) is 12.5 Å². The molecule has 1 aliphatic rings. The highest BCUT2D eigenvalue weighted by molar-refractivity contribution is 4.98. The first-order chi connectivity index (χ1) is 8.20. The van der Waals surface area contributed by atoms with E-state index in [-0.39, 0.29) is 12.1 Å². The van der Waals surface area contributed by atoms with E-state index < -0.39 is 0 Å². The van der Waals surface area contributed by atoms with E-state index in [1.54, 1.807) is 0 Å². The van der Waals surface area contributed by atoms with Gasteiger partial charge in [0.15, 0.2) is 0 Å². The van der Waals surface area contributed by atoms with Gasteiger partial charge in [-0.05, 0) is 13.8 Å². The zero-order valence-corrected chi connectivity index (χ0v) is 10.7. The van der Waals surface area contributed by atoms with Crippen LogP contribution in [0, 0.1) is 0 Å². The molecule has 5 heteroatoms. The Morgan fingerprint density at radius 1 is 1.65 bits per heavy atom. The predicted octanol–water partition coefficient (Wildman–Crippen LogP) is 0.451. The summed E-state index contributed by atoms with van der Waals surface area (Å²) in [6.07, 6.45) is 3.99. The van der Waals surface area contributed by atoms with Crippen LogP contribution in [-0.4, -0.2) is 46.3 Å². The third-order valence-electron chi connectivity index (χ3n) is 3.29. The first kappa shape index (κ1) is 12.5. The second kappa shape index (κ2) is 5.62. The average Bonchev–Trinajstić information content (AvgIpc) is 2.76. The van der Waals surface area contributed by atoms with Crippen molar-refractivity contribution in [3.05, 3.63) is 18.2 Å². The Kier molecular flexibility index (Phi) is 4.15. The zero-order valence-electron chi connectivity index (χ0n) is 10.7. The molecule has 1 aromatic rings. The van der Waals surface area contributed by atoms with Gasteiger partial charge in [0.05, 0.1) is 24.7 Å². The molecule has 0 amide bonds. The van der Waals surface area contributed by atoms with E-state index in [1.165, 1.54) is 5.69 Å². The fourth-order valence-electron chi connectivity index (χ4n) is 2.19. The van der Waals surface area contributed by atoms with Crippen LogP contribution < -0.4 is 5.73 Å². The number of hydrogen-bond acceptors (Lipinski definition) is 4. The molecule has 0 radical (unpaired) electrons. The lowest BCUT2D eigenvalue weighted by Gasteiger charge is -2.34. The number of aryl methyl sites for hydroxylation is 1. The normalized spacial score (nSPS) is 23.8. The summed E-state index contributed by atoms with van der Waals surface area (Å²) in [6.45, 7) is 8.69. The number of nitrogens with two attached hydrogens (primary N) is 1. The van der Waals surface area contributed by atoms with E-state index in [0.29, 0.717) is 0 Å². The number of ether oxygens (including phenoxy) is 1. The third kappa shape index (κ3) is 3.06. The first-order valence-electron chi connectivity index (χ1n) is 6.29. The summed E-state index contributed by atoms with van der Waals surface area (Å²) in [7, 11) is 0. The standard InChI is InChI=1S/C12H22N4O/c1-3-16-9-14-6-11(16)7-15-4-5-17-12(8-15)10(2)13/h6,9-10,12H,3-5,7-8,13H2,1-2H3. The van der Waals surface area contributed by atoms with Gasteiger partial charge in [-0.1, -0.05) is 0 Å². The molecular weight excluding hydrogens is 216 g/mol. The van der Waals surface area contributed by atoms with Crippen LogP contribution in [0.5, 0.6) is 0 Å². The molecule has 2 unspecified atom stereocenters. The van der Waals surface area contributed by atoms with E-state index in [1.807, 2.05) is 19.4 Å². The fraction of sp³-hybridized carbons (Fsp3) is 0.750. The Labute approximate surface area is 103 Å². The van der Waals surface area contributed by atoms with Gasteiger partial charge in [0.2, 0.25) is 0 Å². The highest BCUT2D eigenvalue weighted by atomic mass is 16.5. The van der Waals surface area contributed by atoms with E-state index >= 15 is 0 Å². The van der Waals surface area contributed by atoms with Crippen LogP contribution in [0.25, 0.3) is 0 Å². The molecule has 0 aromatic carbocycles. The molecule has 0 spiro atoms. The molecule has 0 aliphatic carbocycles. The van der Waals surface area contributed by atoms with Crippen molar-refractivity contribution in [2.75, 3.05) is 19.7 Å². The van der Waals surface area contributed by atoms with Gasteiger partial charge < -0.3 is 15.0 Å². The third-order valence-corrected chi connectivity index (χ3v) is 3.29. The zero-order chi connectivity index (χ0) is 12.3. The molecule has 2 N–H and O–H groups in total. The molecule has 2 rings (SSSR count). The molecule has 2 atom stereocenters. The highest BCUT2D eigenvalue weighted by Gasteiger charge is 2.23. The summed E-state index contributed by atoms with van der Waals surface area (Å²) in [5.41, 5.74) is 7.15. The van der Waals surface area contributed by atoms with Gasteiger partial charge in [-0.15, -0.1) is 0 Å². The van der Waals surface area contributed by atoms with Crippen LogP contribution in [0.3, 0.4) is 0 Å². The van der Waals surface area contributed by atoms with Crippen LogP contribution in [0.4, 0.5) is 0 Å². The smallest absolute Gasteiger partial charge is 0.0948 e. The van der Waals surface area contributed by atoms with Gasteiger partial charge >= 0.3 is 0 Å². The summed E-state index contributed by atoms with van der Waals surface area (Å²) in [5, 5.41) is 0. The predicted molar refractivity (Wildman–Crippen MR) is 66.6 cm³/mol. The molecule has 1 aliphatic heterocycles. The number of hydrogen-bond donors (Lipinski definition) is 1. The molecule has 5 nitrogen and oxygen atoms in total. The average molecular weight is 238 g/mol. The van der Waals surface area contributed by atoms with Crippen molar-refractivity contribution >= 4 is 0 Å². The van der Waals surface area contributed by atoms with Crippen LogP contribution >= 0.6 is 0 Å². The quantitative estimate of drug-likeness (QED) is 0.827. The number of aromatic nitrogens is 2. The first-order valence-corrected chi connectivity index (χ1v) is 6.29. The lowest BCUT2D eigenvalue weighted by molar-refractivity contribution is -0.0409. The van der Waals surface area contributed by atoms with E-state index in [2.05, 4.69) is 21.4 Å². The molecule has 0 bridgehead atoms. The number of imidazole rings is 1. The second-order valence-corrected chi connectivity index (χ2v) is 4.67. The maximum atomic E-state index is 5.89. The van der Waals surface area contributed by atoms with Crippen LogP contribution in [0.1, 0.15) is 19.5 Å². The topological polar surface area (TPSA) is 56.3 Å². The Balaban J connectivity index is 1.94. The van der Waals surface area contributed by atoms with Crippen molar-refractivity contribution in [2.24, 2.45) is 5.73 Å². The van der Waals surface area contributed by atoms with Gasteiger partial charge in [-0.2, -0.15) is 0 Å². The van der Waals surface area contributed by atoms with Crippen molar-refractivity contribution in [1.82, 2.24) is 14.5 Å². The Bertz CT molecular complexity index is 350. The monoisotopic (exact) mass is 238 g/mol. The molecule has 96 valence electrons. The minimum atomic E-state index is 0.0916.